The van der Waals surface area contributed by atoms with E-state index in [0.717, 1.165) is 24.1 Å². The number of piperidine rings is 1. The minimum absolute atomic E-state index is 0.107. The van der Waals surface area contributed by atoms with Crippen LogP contribution < -0.4 is 10.6 Å². The van der Waals surface area contributed by atoms with Crippen molar-refractivity contribution in [1.29, 1.82) is 0 Å². The van der Waals surface area contributed by atoms with Crippen LogP contribution in [0.25, 0.3) is 0 Å². The first-order chi connectivity index (χ1) is 11.1. The molecule has 0 aliphatic carbocycles. The van der Waals surface area contributed by atoms with Crippen molar-refractivity contribution in [2.45, 2.75) is 37.6 Å². The van der Waals surface area contributed by atoms with Gasteiger partial charge in [-0.15, -0.1) is 0 Å². The van der Waals surface area contributed by atoms with E-state index in [4.69, 9.17) is 0 Å². The number of carbonyl (C=O) groups excluding carboxylic acids is 3. The van der Waals surface area contributed by atoms with Crippen LogP contribution in [0.3, 0.4) is 0 Å². The predicted molar refractivity (Wildman–Crippen MR) is 85.8 cm³/mol. The van der Waals surface area contributed by atoms with Crippen molar-refractivity contribution in [2.75, 3.05) is 18.9 Å². The number of likely N-dealkylation sites (N-methyl/N-ethyl adjacent to an activating group) is 1. The zero-order valence-corrected chi connectivity index (χ0v) is 13.2. The number of likely N-dealkylation sites (tertiary alicyclic amines) is 1. The van der Waals surface area contributed by atoms with Gasteiger partial charge in [-0.3, -0.25) is 14.4 Å². The molecule has 2 aliphatic rings. The normalized spacial score (nSPS) is 23.2. The second-order valence-corrected chi connectivity index (χ2v) is 6.05. The van der Waals surface area contributed by atoms with E-state index in [1.807, 2.05) is 24.3 Å². The fourth-order valence-electron chi connectivity index (χ4n) is 3.44. The van der Waals surface area contributed by atoms with Crippen LogP contribution in [0, 0.1) is 0 Å². The zero-order valence-electron chi connectivity index (χ0n) is 13.2. The van der Waals surface area contributed by atoms with E-state index in [2.05, 4.69) is 10.6 Å². The molecule has 2 aliphatic heterocycles. The standard InChI is InChI=1S/C17H21N3O3/c1-18-17(23)14-8-4-5-9-20(14)15(21)10-12-11-6-2-3-7-13(11)19-16(12)22/h2-3,6-7,12,14H,4-5,8-10H2,1H3,(H,18,23)(H,19,22). The molecule has 2 heterocycles. The maximum absolute atomic E-state index is 12.7. The molecule has 1 fully saturated rings. The van der Waals surface area contributed by atoms with Crippen LogP contribution >= 0.6 is 0 Å². The summed E-state index contributed by atoms with van der Waals surface area (Å²) < 4.78 is 0. The molecule has 3 rings (SSSR count). The average Bonchev–Trinajstić information content (AvgIpc) is 2.90. The number of benzene rings is 1. The van der Waals surface area contributed by atoms with Crippen LogP contribution in [-0.2, 0) is 14.4 Å². The Hall–Kier alpha value is -2.37. The van der Waals surface area contributed by atoms with E-state index in [1.165, 1.54) is 0 Å². The zero-order chi connectivity index (χ0) is 16.4. The van der Waals surface area contributed by atoms with Gasteiger partial charge in [-0.05, 0) is 30.9 Å². The summed E-state index contributed by atoms with van der Waals surface area (Å²) in [6.07, 6.45) is 2.62. The number of nitrogens with zero attached hydrogens (tertiary/aromatic N) is 1. The summed E-state index contributed by atoms with van der Waals surface area (Å²) in [5.74, 6) is -0.872. The number of para-hydroxylation sites is 1. The number of anilines is 1. The first-order valence-electron chi connectivity index (χ1n) is 8.02. The molecule has 1 aromatic rings. The molecule has 2 N–H and O–H groups in total. The van der Waals surface area contributed by atoms with Crippen molar-refractivity contribution in [1.82, 2.24) is 10.2 Å². The first-order valence-corrected chi connectivity index (χ1v) is 8.02. The van der Waals surface area contributed by atoms with E-state index in [-0.39, 0.29) is 24.1 Å². The highest BCUT2D eigenvalue weighted by molar-refractivity contribution is 6.05. The van der Waals surface area contributed by atoms with E-state index >= 15 is 0 Å². The van der Waals surface area contributed by atoms with Crippen LogP contribution in [0.4, 0.5) is 5.69 Å². The Morgan fingerprint density at radius 1 is 1.30 bits per heavy atom. The minimum atomic E-state index is -0.467. The Bertz CT molecular complexity index is 644. The van der Waals surface area contributed by atoms with Gasteiger partial charge in [0.1, 0.15) is 6.04 Å². The van der Waals surface area contributed by atoms with E-state index < -0.39 is 12.0 Å². The van der Waals surface area contributed by atoms with E-state index in [9.17, 15) is 14.4 Å². The van der Waals surface area contributed by atoms with Gasteiger partial charge in [-0.25, -0.2) is 0 Å². The number of fused-ring (bicyclic) bond motifs is 1. The van der Waals surface area contributed by atoms with Crippen molar-refractivity contribution in [3.8, 4) is 0 Å². The molecule has 23 heavy (non-hydrogen) atoms. The van der Waals surface area contributed by atoms with Gasteiger partial charge in [0.15, 0.2) is 0 Å². The smallest absolute Gasteiger partial charge is 0.242 e. The second kappa shape index (κ2) is 6.40. The van der Waals surface area contributed by atoms with Crippen molar-refractivity contribution in [3.05, 3.63) is 29.8 Å². The monoisotopic (exact) mass is 315 g/mol. The summed E-state index contributed by atoms with van der Waals surface area (Å²) in [6.45, 7) is 0.576. The summed E-state index contributed by atoms with van der Waals surface area (Å²) in [5.41, 5.74) is 1.64. The Morgan fingerprint density at radius 3 is 2.87 bits per heavy atom. The Labute approximate surface area is 135 Å². The Balaban J connectivity index is 1.76. The van der Waals surface area contributed by atoms with Gasteiger partial charge in [-0.2, -0.15) is 0 Å². The Kier molecular flexibility index (Phi) is 4.32. The van der Waals surface area contributed by atoms with Crippen molar-refractivity contribution < 1.29 is 14.4 Å². The maximum atomic E-state index is 12.7. The van der Waals surface area contributed by atoms with E-state index in [1.54, 1.807) is 11.9 Å². The minimum Gasteiger partial charge on any atom is -0.357 e. The SMILES string of the molecule is CNC(=O)C1CCCCN1C(=O)CC1C(=O)Nc2ccccc21. The lowest BCUT2D eigenvalue weighted by molar-refractivity contribution is -0.143. The molecular weight excluding hydrogens is 294 g/mol. The molecule has 0 saturated carbocycles. The van der Waals surface area contributed by atoms with Gasteiger partial charge >= 0.3 is 0 Å². The third-order valence-corrected chi connectivity index (χ3v) is 4.66. The van der Waals surface area contributed by atoms with Gasteiger partial charge in [0, 0.05) is 25.7 Å². The fraction of sp³-hybridized carbons (Fsp3) is 0.471. The third-order valence-electron chi connectivity index (χ3n) is 4.66. The molecule has 1 saturated heterocycles. The molecule has 2 unspecified atom stereocenters. The highest BCUT2D eigenvalue weighted by Crippen LogP contribution is 2.35. The van der Waals surface area contributed by atoms with Gasteiger partial charge in [0.25, 0.3) is 0 Å². The second-order valence-electron chi connectivity index (χ2n) is 6.05. The molecule has 3 amide bonds. The summed E-state index contributed by atoms with van der Waals surface area (Å²) >= 11 is 0. The molecule has 0 radical (unpaired) electrons. The fourth-order valence-corrected chi connectivity index (χ4v) is 3.44. The topological polar surface area (TPSA) is 78.5 Å². The summed E-state index contributed by atoms with van der Waals surface area (Å²) in [6, 6.07) is 7.02. The van der Waals surface area contributed by atoms with E-state index in [0.29, 0.717) is 13.0 Å². The number of hydrogen-bond donors (Lipinski definition) is 2. The predicted octanol–water partition coefficient (Wildman–Crippen LogP) is 1.24. The highest BCUT2D eigenvalue weighted by atomic mass is 16.2. The molecule has 6 nitrogen and oxygen atoms in total. The first kappa shape index (κ1) is 15.5. The van der Waals surface area contributed by atoms with Gasteiger partial charge < -0.3 is 15.5 Å². The lowest BCUT2D eigenvalue weighted by Crippen LogP contribution is -2.51. The van der Waals surface area contributed by atoms with Crippen LogP contribution in [0.5, 0.6) is 0 Å². The number of hydrogen-bond acceptors (Lipinski definition) is 3. The Morgan fingerprint density at radius 2 is 2.09 bits per heavy atom. The summed E-state index contributed by atoms with van der Waals surface area (Å²) in [7, 11) is 1.58. The van der Waals surface area contributed by atoms with Crippen LogP contribution in [-0.4, -0.2) is 42.3 Å². The summed E-state index contributed by atoms with van der Waals surface area (Å²) in [5, 5.41) is 5.44. The third kappa shape index (κ3) is 2.93. The van der Waals surface area contributed by atoms with Crippen LogP contribution in [0.1, 0.15) is 37.2 Å². The quantitative estimate of drug-likeness (QED) is 0.881. The number of rotatable bonds is 3. The molecule has 6 heteroatoms. The van der Waals surface area contributed by atoms with Gasteiger partial charge in [-0.1, -0.05) is 18.2 Å². The molecule has 1 aromatic carbocycles. The van der Waals surface area contributed by atoms with Gasteiger partial charge in [0.2, 0.25) is 17.7 Å². The molecule has 0 bridgehead atoms. The van der Waals surface area contributed by atoms with Crippen molar-refractivity contribution in [3.63, 3.8) is 0 Å². The molecule has 2 atom stereocenters. The van der Waals surface area contributed by atoms with Crippen LogP contribution in [0.15, 0.2) is 24.3 Å². The number of nitrogens with one attached hydrogen (secondary N) is 2. The largest absolute Gasteiger partial charge is 0.357 e. The average molecular weight is 315 g/mol. The molecule has 122 valence electrons. The number of carbonyl (C=O) groups is 3. The molecular formula is C17H21N3O3. The number of amides is 3. The lowest BCUT2D eigenvalue weighted by atomic mass is 9.94. The van der Waals surface area contributed by atoms with Crippen LogP contribution in [0.2, 0.25) is 0 Å². The molecule has 0 aromatic heterocycles. The summed E-state index contributed by atoms with van der Waals surface area (Å²) in [4.78, 5) is 38.5. The van der Waals surface area contributed by atoms with Crippen molar-refractivity contribution in [2.24, 2.45) is 0 Å². The van der Waals surface area contributed by atoms with Gasteiger partial charge in [0.05, 0.1) is 5.92 Å². The van der Waals surface area contributed by atoms with Crippen molar-refractivity contribution >= 4 is 23.4 Å². The lowest BCUT2D eigenvalue weighted by Gasteiger charge is -2.35. The highest BCUT2D eigenvalue weighted by Gasteiger charge is 2.37. The maximum Gasteiger partial charge on any atom is 0.242 e. The molecule has 0 spiro atoms.